The summed E-state index contributed by atoms with van der Waals surface area (Å²) in [7, 11) is -3.83. The molecular formula is C30H35N5O4S. The summed E-state index contributed by atoms with van der Waals surface area (Å²) in [6.45, 7) is 11.1. The van der Waals surface area contributed by atoms with Gasteiger partial charge in [0.15, 0.2) is 11.5 Å². The van der Waals surface area contributed by atoms with E-state index in [2.05, 4.69) is 42.6 Å². The number of benzene rings is 2. The highest BCUT2D eigenvalue weighted by Gasteiger charge is 2.31. The number of sulfonamides is 1. The number of aromatic nitrogens is 2. The Morgan fingerprint density at radius 1 is 0.975 bits per heavy atom. The van der Waals surface area contributed by atoms with Gasteiger partial charge < -0.3 is 9.64 Å². The van der Waals surface area contributed by atoms with Crippen LogP contribution in [0.25, 0.3) is 0 Å². The summed E-state index contributed by atoms with van der Waals surface area (Å²) in [5, 5.41) is 8.16. The van der Waals surface area contributed by atoms with Crippen LogP contribution in [0.5, 0.6) is 5.75 Å². The Hall–Kier alpha value is -3.94. The van der Waals surface area contributed by atoms with Crippen LogP contribution in [0.15, 0.2) is 60.7 Å². The van der Waals surface area contributed by atoms with E-state index in [1.54, 1.807) is 6.07 Å². The zero-order valence-corrected chi connectivity index (χ0v) is 24.2. The maximum absolute atomic E-state index is 12.4. The van der Waals surface area contributed by atoms with Crippen molar-refractivity contribution in [3.05, 3.63) is 83.0 Å². The van der Waals surface area contributed by atoms with Crippen molar-refractivity contribution in [2.24, 2.45) is 0 Å². The van der Waals surface area contributed by atoms with Crippen LogP contribution in [-0.4, -0.2) is 67.0 Å². The van der Waals surface area contributed by atoms with Gasteiger partial charge >= 0.3 is 0 Å². The lowest BCUT2D eigenvalue weighted by atomic mass is 10.1. The molecule has 0 saturated carbocycles. The van der Waals surface area contributed by atoms with Crippen LogP contribution in [0.1, 0.15) is 54.9 Å². The average molecular weight is 562 g/mol. The summed E-state index contributed by atoms with van der Waals surface area (Å²) >= 11 is 0. The molecule has 10 heteroatoms. The molecule has 1 N–H and O–H groups in total. The van der Waals surface area contributed by atoms with Crippen molar-refractivity contribution in [1.29, 1.82) is 0 Å². The van der Waals surface area contributed by atoms with Crippen LogP contribution < -0.4 is 14.4 Å². The van der Waals surface area contributed by atoms with Crippen molar-refractivity contribution in [3.8, 4) is 17.6 Å². The van der Waals surface area contributed by atoms with Gasteiger partial charge in [-0.1, -0.05) is 36.1 Å². The first kappa shape index (κ1) is 29.1. The smallest absolute Gasteiger partial charge is 0.285 e. The monoisotopic (exact) mass is 561 g/mol. The quantitative estimate of drug-likeness (QED) is 0.438. The van der Waals surface area contributed by atoms with Crippen LogP contribution in [0.3, 0.4) is 0 Å². The fourth-order valence-corrected chi connectivity index (χ4v) is 4.72. The molecule has 1 aromatic heterocycles. The number of nitrogens with one attached hydrogen (secondary N) is 1. The van der Waals surface area contributed by atoms with Gasteiger partial charge in [-0.05, 0) is 69.7 Å². The standard InChI is InChI=1S/C30H35N5O4S/c1-5-39-26-12-8-9-23(21-26)13-14-24-10-6-7-11-25(24)22-34-17-19-35(20-18-34)28-16-15-27(31-32-28)29(36)33-40(37,38)30(2,3)4/h6-12,15-16,21H,5,17-20,22H2,1-4H3,(H,33,36). The number of rotatable bonds is 7. The number of piperazine rings is 1. The molecule has 0 bridgehead atoms. The fourth-order valence-electron chi connectivity index (χ4n) is 4.07. The van der Waals surface area contributed by atoms with Gasteiger partial charge in [-0.15, -0.1) is 10.2 Å². The molecular weight excluding hydrogens is 526 g/mol. The Balaban J connectivity index is 1.35. The molecule has 210 valence electrons. The van der Waals surface area contributed by atoms with Crippen molar-refractivity contribution in [2.75, 3.05) is 37.7 Å². The molecule has 1 aliphatic heterocycles. The van der Waals surface area contributed by atoms with E-state index < -0.39 is 20.7 Å². The molecule has 9 nitrogen and oxygen atoms in total. The van der Waals surface area contributed by atoms with Crippen molar-refractivity contribution >= 4 is 21.7 Å². The summed E-state index contributed by atoms with van der Waals surface area (Å²) in [6.07, 6.45) is 0. The van der Waals surface area contributed by atoms with E-state index in [4.69, 9.17) is 4.74 Å². The maximum atomic E-state index is 12.4. The third-order valence-electron chi connectivity index (χ3n) is 6.51. The predicted octanol–water partition coefficient (Wildman–Crippen LogP) is 3.46. The minimum atomic E-state index is -3.83. The summed E-state index contributed by atoms with van der Waals surface area (Å²) in [5.74, 6) is 7.27. The van der Waals surface area contributed by atoms with Crippen molar-refractivity contribution in [2.45, 2.75) is 39.0 Å². The third-order valence-corrected chi connectivity index (χ3v) is 8.58. The van der Waals surface area contributed by atoms with Gasteiger partial charge in [-0.3, -0.25) is 9.69 Å². The van der Waals surface area contributed by atoms with Gasteiger partial charge in [0.25, 0.3) is 5.91 Å². The second-order valence-electron chi connectivity index (χ2n) is 10.5. The molecule has 0 radical (unpaired) electrons. The van der Waals surface area contributed by atoms with Gasteiger partial charge in [0.1, 0.15) is 5.75 Å². The molecule has 4 rings (SSSR count). The molecule has 1 fully saturated rings. The maximum Gasteiger partial charge on any atom is 0.285 e. The number of hydrogen-bond donors (Lipinski definition) is 1. The topological polar surface area (TPSA) is 105 Å². The van der Waals surface area contributed by atoms with Crippen molar-refractivity contribution in [3.63, 3.8) is 0 Å². The highest BCUT2D eigenvalue weighted by molar-refractivity contribution is 7.91. The first-order valence-corrected chi connectivity index (χ1v) is 14.7. The van der Waals surface area contributed by atoms with E-state index >= 15 is 0 Å². The van der Waals surface area contributed by atoms with E-state index in [1.807, 2.05) is 49.4 Å². The van der Waals surface area contributed by atoms with Crippen molar-refractivity contribution < 1.29 is 17.9 Å². The minimum absolute atomic E-state index is 0.0439. The second kappa shape index (κ2) is 12.5. The second-order valence-corrected chi connectivity index (χ2v) is 12.9. The molecule has 0 aliphatic carbocycles. The molecule has 2 aromatic carbocycles. The largest absolute Gasteiger partial charge is 0.494 e. The highest BCUT2D eigenvalue weighted by atomic mass is 32.2. The van der Waals surface area contributed by atoms with E-state index in [-0.39, 0.29) is 5.69 Å². The fraction of sp³-hybridized carbons (Fsp3) is 0.367. The van der Waals surface area contributed by atoms with Crippen molar-refractivity contribution in [1.82, 2.24) is 19.8 Å². The summed E-state index contributed by atoms with van der Waals surface area (Å²) in [6, 6.07) is 19.2. The Bertz CT molecular complexity index is 1500. The molecule has 40 heavy (non-hydrogen) atoms. The number of amides is 1. The van der Waals surface area contributed by atoms with E-state index in [1.165, 1.54) is 32.4 Å². The number of ether oxygens (including phenoxy) is 1. The normalized spacial score (nSPS) is 14.2. The first-order valence-electron chi connectivity index (χ1n) is 13.3. The van der Waals surface area contributed by atoms with Crippen LogP contribution in [0.2, 0.25) is 0 Å². The summed E-state index contributed by atoms with van der Waals surface area (Å²) in [5.41, 5.74) is 3.04. The molecule has 0 atom stereocenters. The molecule has 1 amide bonds. The Morgan fingerprint density at radius 3 is 2.40 bits per heavy atom. The van der Waals surface area contributed by atoms with Gasteiger partial charge in [0.05, 0.1) is 11.4 Å². The molecule has 1 saturated heterocycles. The van der Waals surface area contributed by atoms with Crippen LogP contribution in [-0.2, 0) is 16.6 Å². The number of carbonyl (C=O) groups excluding carboxylic acids is 1. The number of hydrogen-bond acceptors (Lipinski definition) is 8. The Morgan fingerprint density at radius 2 is 1.73 bits per heavy atom. The van der Waals surface area contributed by atoms with Gasteiger partial charge in [-0.2, -0.15) is 0 Å². The minimum Gasteiger partial charge on any atom is -0.494 e. The summed E-state index contributed by atoms with van der Waals surface area (Å²) in [4.78, 5) is 16.9. The van der Waals surface area contributed by atoms with Crippen LogP contribution in [0.4, 0.5) is 5.82 Å². The summed E-state index contributed by atoms with van der Waals surface area (Å²) < 4.78 is 31.1. The zero-order chi connectivity index (χ0) is 28.8. The van der Waals surface area contributed by atoms with Gasteiger partial charge in [-0.25, -0.2) is 13.1 Å². The lowest BCUT2D eigenvalue weighted by Crippen LogP contribution is -2.46. The molecule has 0 unspecified atom stereocenters. The van der Waals surface area contributed by atoms with E-state index in [0.29, 0.717) is 12.4 Å². The molecule has 2 heterocycles. The Kier molecular flexibility index (Phi) is 9.07. The number of anilines is 1. The van der Waals surface area contributed by atoms with E-state index in [9.17, 15) is 13.2 Å². The van der Waals surface area contributed by atoms with E-state index in [0.717, 1.165) is 49.6 Å². The number of nitrogens with zero attached hydrogens (tertiary/aromatic N) is 4. The van der Waals surface area contributed by atoms with Gasteiger partial charge in [0.2, 0.25) is 10.0 Å². The predicted molar refractivity (Wildman–Crippen MR) is 156 cm³/mol. The lowest BCUT2D eigenvalue weighted by Gasteiger charge is -2.35. The third kappa shape index (κ3) is 7.37. The molecule has 3 aromatic rings. The average Bonchev–Trinajstić information content (AvgIpc) is 2.93. The Labute approximate surface area is 236 Å². The van der Waals surface area contributed by atoms with Gasteiger partial charge in [0, 0.05) is 43.9 Å². The lowest BCUT2D eigenvalue weighted by molar-refractivity contribution is 0.0974. The molecule has 1 aliphatic rings. The number of carbonyl (C=O) groups is 1. The first-order chi connectivity index (χ1) is 19.1. The SMILES string of the molecule is CCOc1cccc(C#Cc2ccccc2CN2CCN(c3ccc(C(=O)NS(=O)(=O)C(C)(C)C)nn3)CC2)c1. The zero-order valence-electron chi connectivity index (χ0n) is 23.3. The molecule has 0 spiro atoms. The highest BCUT2D eigenvalue weighted by Crippen LogP contribution is 2.18. The van der Waals surface area contributed by atoms with Crippen LogP contribution in [0, 0.1) is 11.8 Å². The van der Waals surface area contributed by atoms with Crippen LogP contribution >= 0.6 is 0 Å².